The van der Waals surface area contributed by atoms with E-state index in [1.807, 2.05) is 6.08 Å². The number of carbonyl (C=O) groups excluding carboxylic acids is 1. The van der Waals surface area contributed by atoms with Gasteiger partial charge in [-0.3, -0.25) is 4.79 Å². The largest absolute Gasteiger partial charge is 0.319 e. The molecule has 1 saturated carbocycles. The number of allylic oxidation sites excluding steroid dienone is 1. The van der Waals surface area contributed by atoms with Gasteiger partial charge in [-0.2, -0.15) is 0 Å². The lowest BCUT2D eigenvalue weighted by atomic mass is 9.73. The first kappa shape index (κ1) is 14.4. The molecule has 0 amide bonds. The van der Waals surface area contributed by atoms with Gasteiger partial charge in [0.15, 0.2) is 5.78 Å². The molecule has 2 heteroatoms. The summed E-state index contributed by atoms with van der Waals surface area (Å²) in [6, 6.07) is 0. The lowest BCUT2D eigenvalue weighted by Gasteiger charge is -2.35. The molecule has 17 heavy (non-hydrogen) atoms. The number of carbonyl (C=O) groups is 1. The fourth-order valence-corrected chi connectivity index (χ4v) is 2.85. The van der Waals surface area contributed by atoms with E-state index in [9.17, 15) is 4.79 Å². The van der Waals surface area contributed by atoms with Crippen molar-refractivity contribution in [2.75, 3.05) is 0 Å². The highest BCUT2D eigenvalue weighted by molar-refractivity contribution is 5.88. The highest BCUT2D eigenvalue weighted by Crippen LogP contribution is 2.32. The van der Waals surface area contributed by atoms with Gasteiger partial charge in [0.25, 0.3) is 0 Å². The van der Waals surface area contributed by atoms with Gasteiger partial charge in [-0.1, -0.05) is 32.3 Å². The third-order valence-corrected chi connectivity index (χ3v) is 3.90. The van der Waals surface area contributed by atoms with Crippen LogP contribution in [-0.2, 0) is 4.79 Å². The molecule has 0 aromatic heterocycles. The smallest absolute Gasteiger partial charge is 0.152 e. The Morgan fingerprint density at radius 1 is 1.47 bits per heavy atom. The Kier molecular flexibility index (Phi) is 5.90. The molecular weight excluding hydrogens is 210 g/mol. The Labute approximate surface area is 106 Å². The highest BCUT2D eigenvalue weighted by Gasteiger charge is 2.36. The van der Waals surface area contributed by atoms with Crippen molar-refractivity contribution >= 4 is 5.78 Å². The van der Waals surface area contributed by atoms with Gasteiger partial charge in [0, 0.05) is 6.42 Å². The molecule has 2 atom stereocenters. The van der Waals surface area contributed by atoms with Crippen LogP contribution in [0.15, 0.2) is 12.7 Å². The zero-order chi connectivity index (χ0) is 12.7. The maximum absolute atomic E-state index is 12.2. The van der Waals surface area contributed by atoms with Crippen LogP contribution in [0.4, 0.5) is 0 Å². The van der Waals surface area contributed by atoms with Crippen molar-refractivity contribution in [2.24, 2.45) is 11.7 Å². The summed E-state index contributed by atoms with van der Waals surface area (Å²) in [7, 11) is 0. The van der Waals surface area contributed by atoms with Gasteiger partial charge in [-0.25, -0.2) is 0 Å². The molecule has 0 bridgehead atoms. The van der Waals surface area contributed by atoms with Crippen molar-refractivity contribution in [3.63, 3.8) is 0 Å². The number of Topliss-reactive ketones (excluding diaryl/α,β-unsaturated/α-hetero) is 1. The molecule has 0 aromatic rings. The monoisotopic (exact) mass is 237 g/mol. The fourth-order valence-electron chi connectivity index (χ4n) is 2.85. The van der Waals surface area contributed by atoms with E-state index in [1.165, 1.54) is 6.42 Å². The Morgan fingerprint density at radius 3 is 2.88 bits per heavy atom. The van der Waals surface area contributed by atoms with Crippen LogP contribution in [0, 0.1) is 5.92 Å². The second-order valence-corrected chi connectivity index (χ2v) is 5.67. The second-order valence-electron chi connectivity index (χ2n) is 5.67. The Hall–Kier alpha value is -0.630. The molecule has 1 rings (SSSR count). The van der Waals surface area contributed by atoms with Gasteiger partial charge in [-0.05, 0) is 38.0 Å². The summed E-state index contributed by atoms with van der Waals surface area (Å²) in [6.45, 7) is 5.91. The lowest BCUT2D eigenvalue weighted by molar-refractivity contribution is -0.126. The molecule has 1 aliphatic rings. The average molecular weight is 237 g/mol. The third kappa shape index (κ3) is 4.63. The van der Waals surface area contributed by atoms with E-state index in [0.717, 1.165) is 44.9 Å². The summed E-state index contributed by atoms with van der Waals surface area (Å²) < 4.78 is 0. The van der Waals surface area contributed by atoms with Crippen LogP contribution in [0.3, 0.4) is 0 Å². The van der Waals surface area contributed by atoms with E-state index in [1.54, 1.807) is 0 Å². The van der Waals surface area contributed by atoms with Gasteiger partial charge in [0.1, 0.15) is 0 Å². The van der Waals surface area contributed by atoms with Crippen LogP contribution in [0.25, 0.3) is 0 Å². The summed E-state index contributed by atoms with van der Waals surface area (Å²) in [5, 5.41) is 0. The Balaban J connectivity index is 2.28. The predicted molar refractivity (Wildman–Crippen MR) is 72.8 cm³/mol. The molecule has 1 aliphatic carbocycles. The second kappa shape index (κ2) is 6.95. The Morgan fingerprint density at radius 2 is 2.24 bits per heavy atom. The van der Waals surface area contributed by atoms with Gasteiger partial charge in [0.2, 0.25) is 0 Å². The third-order valence-electron chi connectivity index (χ3n) is 3.90. The minimum absolute atomic E-state index is 0.294. The maximum Gasteiger partial charge on any atom is 0.152 e. The molecule has 0 aromatic carbocycles. The zero-order valence-electron chi connectivity index (χ0n) is 11.2. The molecule has 2 N–H and O–H groups in total. The van der Waals surface area contributed by atoms with Crippen LogP contribution in [-0.4, -0.2) is 11.3 Å². The predicted octanol–water partition coefficient (Wildman–Crippen LogP) is 3.60. The first-order chi connectivity index (χ1) is 8.08. The van der Waals surface area contributed by atoms with Crippen LogP contribution >= 0.6 is 0 Å². The van der Waals surface area contributed by atoms with Crippen molar-refractivity contribution in [3.8, 4) is 0 Å². The van der Waals surface area contributed by atoms with Crippen LogP contribution in [0.5, 0.6) is 0 Å². The lowest BCUT2D eigenvalue weighted by Crippen LogP contribution is -2.50. The SMILES string of the molecule is C=CCCCCCC(=O)C1(N)CCCC(C)C1. The molecule has 2 nitrogen and oxygen atoms in total. The minimum Gasteiger partial charge on any atom is -0.319 e. The molecule has 0 radical (unpaired) electrons. The molecule has 98 valence electrons. The van der Waals surface area contributed by atoms with Crippen molar-refractivity contribution in [3.05, 3.63) is 12.7 Å². The van der Waals surface area contributed by atoms with E-state index in [2.05, 4.69) is 13.5 Å². The standard InChI is InChI=1S/C15H27NO/c1-3-4-5-6-7-10-14(17)15(16)11-8-9-13(2)12-15/h3,13H,1,4-12,16H2,2H3. The number of hydrogen-bond acceptors (Lipinski definition) is 2. The van der Waals surface area contributed by atoms with E-state index >= 15 is 0 Å². The van der Waals surface area contributed by atoms with E-state index in [4.69, 9.17) is 5.73 Å². The topological polar surface area (TPSA) is 43.1 Å². The van der Waals surface area contributed by atoms with Gasteiger partial charge in [-0.15, -0.1) is 6.58 Å². The number of ketones is 1. The quantitative estimate of drug-likeness (QED) is 0.543. The zero-order valence-corrected chi connectivity index (χ0v) is 11.2. The first-order valence-electron chi connectivity index (χ1n) is 7.01. The molecule has 2 unspecified atom stereocenters. The first-order valence-corrected chi connectivity index (χ1v) is 7.01. The van der Waals surface area contributed by atoms with Crippen molar-refractivity contribution in [1.29, 1.82) is 0 Å². The summed E-state index contributed by atoms with van der Waals surface area (Å²) in [5.74, 6) is 0.904. The van der Waals surface area contributed by atoms with Crippen molar-refractivity contribution in [1.82, 2.24) is 0 Å². The number of hydrogen-bond donors (Lipinski definition) is 1. The van der Waals surface area contributed by atoms with Crippen molar-refractivity contribution < 1.29 is 4.79 Å². The maximum atomic E-state index is 12.2. The Bertz CT molecular complexity index is 262. The summed E-state index contributed by atoms with van der Waals surface area (Å²) in [6.07, 6.45) is 11.0. The molecule has 0 spiro atoms. The minimum atomic E-state index is -0.504. The molecule has 0 aliphatic heterocycles. The van der Waals surface area contributed by atoms with E-state index in [0.29, 0.717) is 18.1 Å². The number of nitrogens with two attached hydrogens (primary N) is 1. The van der Waals surface area contributed by atoms with Gasteiger partial charge < -0.3 is 5.73 Å². The number of unbranched alkanes of at least 4 members (excludes halogenated alkanes) is 3. The fraction of sp³-hybridized carbons (Fsp3) is 0.800. The molecule has 1 fully saturated rings. The molecular formula is C15H27NO. The van der Waals surface area contributed by atoms with Gasteiger partial charge >= 0.3 is 0 Å². The van der Waals surface area contributed by atoms with Crippen molar-refractivity contribution in [2.45, 2.75) is 70.3 Å². The molecule has 0 heterocycles. The average Bonchev–Trinajstić information content (AvgIpc) is 2.28. The summed E-state index contributed by atoms with van der Waals surface area (Å²) in [5.41, 5.74) is 5.76. The summed E-state index contributed by atoms with van der Waals surface area (Å²) in [4.78, 5) is 12.2. The van der Waals surface area contributed by atoms with Gasteiger partial charge in [0.05, 0.1) is 5.54 Å². The number of rotatable bonds is 7. The molecule has 0 saturated heterocycles. The van der Waals surface area contributed by atoms with Crippen LogP contribution < -0.4 is 5.73 Å². The summed E-state index contributed by atoms with van der Waals surface area (Å²) >= 11 is 0. The van der Waals surface area contributed by atoms with Crippen LogP contribution in [0.1, 0.15) is 64.7 Å². The normalized spacial score (nSPS) is 28.9. The van der Waals surface area contributed by atoms with E-state index < -0.39 is 5.54 Å². The van der Waals surface area contributed by atoms with Crippen LogP contribution in [0.2, 0.25) is 0 Å². The van der Waals surface area contributed by atoms with E-state index in [-0.39, 0.29) is 0 Å². The highest BCUT2D eigenvalue weighted by atomic mass is 16.1.